The van der Waals surface area contributed by atoms with Crippen LogP contribution in [0.4, 0.5) is 0 Å². The van der Waals surface area contributed by atoms with Crippen molar-refractivity contribution in [2.24, 2.45) is 5.10 Å². The van der Waals surface area contributed by atoms with Gasteiger partial charge in [0.1, 0.15) is 5.82 Å². The van der Waals surface area contributed by atoms with E-state index >= 15 is 0 Å². The monoisotopic (exact) mass is 570 g/mol. The van der Waals surface area contributed by atoms with Gasteiger partial charge in [0.2, 0.25) is 6.79 Å². The zero-order chi connectivity index (χ0) is 26.4. The summed E-state index contributed by atoms with van der Waals surface area (Å²) in [7, 11) is 0. The van der Waals surface area contributed by atoms with Crippen molar-refractivity contribution in [1.29, 1.82) is 0 Å². The maximum absolute atomic E-state index is 13.6. The number of para-hydroxylation sites is 1. The fraction of sp³-hybridized carbons (Fsp3) is 0.233. The van der Waals surface area contributed by atoms with Gasteiger partial charge in [0.05, 0.1) is 17.1 Å². The topological polar surface area (TPSA) is 70.6 Å². The van der Waals surface area contributed by atoms with Crippen molar-refractivity contribution in [3.63, 3.8) is 0 Å². The SMILES string of the molecule is CC[C@@H](C)c1nc2ccc(Br)cc2c(=O)n1N=Cc1c(C)n(Cc2ccc3c(c2)OCO3)c2ccccc12. The molecule has 2 aromatic heterocycles. The Kier molecular flexibility index (Phi) is 6.27. The first kappa shape index (κ1) is 24.4. The van der Waals surface area contributed by atoms with Crippen LogP contribution in [0.5, 0.6) is 11.5 Å². The summed E-state index contributed by atoms with van der Waals surface area (Å²) in [5.41, 5.74) is 4.74. The highest BCUT2D eigenvalue weighted by Crippen LogP contribution is 2.34. The number of hydrogen-bond donors (Lipinski definition) is 0. The molecule has 0 N–H and O–H groups in total. The molecule has 0 bridgehead atoms. The van der Waals surface area contributed by atoms with Gasteiger partial charge in [-0.2, -0.15) is 9.78 Å². The van der Waals surface area contributed by atoms with Gasteiger partial charge in [-0.25, -0.2) is 4.98 Å². The van der Waals surface area contributed by atoms with Crippen molar-refractivity contribution in [2.45, 2.75) is 39.7 Å². The summed E-state index contributed by atoms with van der Waals surface area (Å²) < 4.78 is 15.6. The van der Waals surface area contributed by atoms with Crippen molar-refractivity contribution < 1.29 is 9.47 Å². The maximum Gasteiger partial charge on any atom is 0.282 e. The van der Waals surface area contributed by atoms with Gasteiger partial charge in [0.25, 0.3) is 5.56 Å². The maximum atomic E-state index is 13.6. The molecule has 0 fully saturated rings. The predicted octanol–water partition coefficient (Wildman–Crippen LogP) is 6.59. The van der Waals surface area contributed by atoms with Gasteiger partial charge >= 0.3 is 0 Å². The van der Waals surface area contributed by atoms with Crippen molar-refractivity contribution in [1.82, 2.24) is 14.2 Å². The van der Waals surface area contributed by atoms with Crippen LogP contribution in [0, 0.1) is 6.92 Å². The van der Waals surface area contributed by atoms with Gasteiger partial charge in [0, 0.05) is 39.1 Å². The number of fused-ring (bicyclic) bond motifs is 3. The molecule has 3 aromatic carbocycles. The minimum atomic E-state index is -0.176. The van der Waals surface area contributed by atoms with Gasteiger partial charge in [-0.05, 0) is 55.3 Å². The number of ether oxygens (including phenoxy) is 2. The lowest BCUT2D eigenvalue weighted by atomic mass is 10.1. The molecule has 7 nitrogen and oxygen atoms in total. The van der Waals surface area contributed by atoms with Crippen LogP contribution in [0.1, 0.15) is 48.8 Å². The molecule has 8 heteroatoms. The number of benzene rings is 3. The third-order valence-electron chi connectivity index (χ3n) is 7.25. The molecule has 5 aromatic rings. The molecular weight excluding hydrogens is 544 g/mol. The second-order valence-corrected chi connectivity index (χ2v) is 10.5. The molecule has 1 aliphatic rings. The zero-order valence-corrected chi connectivity index (χ0v) is 23.0. The highest BCUT2D eigenvalue weighted by Gasteiger charge is 2.18. The summed E-state index contributed by atoms with van der Waals surface area (Å²) in [5, 5.41) is 6.36. The predicted molar refractivity (Wildman–Crippen MR) is 154 cm³/mol. The number of nitrogens with zero attached hydrogens (tertiary/aromatic N) is 4. The first-order valence-electron chi connectivity index (χ1n) is 12.7. The van der Waals surface area contributed by atoms with Crippen LogP contribution in [0.15, 0.2) is 75.0 Å². The summed E-state index contributed by atoms with van der Waals surface area (Å²) in [6.45, 7) is 7.16. The second kappa shape index (κ2) is 9.76. The average Bonchev–Trinajstić information content (AvgIpc) is 3.50. The van der Waals surface area contributed by atoms with Crippen LogP contribution in [-0.4, -0.2) is 27.2 Å². The van der Waals surface area contributed by atoms with E-state index in [2.05, 4.69) is 59.5 Å². The lowest BCUT2D eigenvalue weighted by Gasteiger charge is -2.14. The fourth-order valence-corrected chi connectivity index (χ4v) is 5.30. The van der Waals surface area contributed by atoms with E-state index in [0.717, 1.165) is 50.1 Å². The summed E-state index contributed by atoms with van der Waals surface area (Å²) in [5.74, 6) is 2.27. The number of hydrogen-bond acceptors (Lipinski definition) is 5. The molecule has 0 saturated heterocycles. The van der Waals surface area contributed by atoms with E-state index in [0.29, 0.717) is 23.3 Å². The van der Waals surface area contributed by atoms with E-state index in [4.69, 9.17) is 19.6 Å². The molecule has 0 unspecified atom stereocenters. The lowest BCUT2D eigenvalue weighted by Crippen LogP contribution is -2.23. The molecular formula is C30H27BrN4O3. The van der Waals surface area contributed by atoms with Crippen LogP contribution >= 0.6 is 15.9 Å². The summed E-state index contributed by atoms with van der Waals surface area (Å²) >= 11 is 3.48. The normalized spacial score (nSPS) is 13.7. The third-order valence-corrected chi connectivity index (χ3v) is 7.74. The molecule has 0 radical (unpaired) electrons. The van der Waals surface area contributed by atoms with E-state index in [1.54, 1.807) is 12.3 Å². The highest BCUT2D eigenvalue weighted by atomic mass is 79.9. The quantitative estimate of drug-likeness (QED) is 0.216. The Morgan fingerprint density at radius 2 is 1.89 bits per heavy atom. The standard InChI is InChI=1S/C30H27BrN4O3/c1-4-18(2)29-33-25-11-10-21(31)14-23(25)30(36)35(29)32-15-24-19(3)34(26-8-6-5-7-22(24)26)16-20-9-12-27-28(13-20)38-17-37-27/h5-15,18H,4,16-17H2,1-3H3/t18-/m1/s1. The molecule has 6 rings (SSSR count). The Hall–Kier alpha value is -3.91. The summed E-state index contributed by atoms with van der Waals surface area (Å²) in [4.78, 5) is 18.4. The van der Waals surface area contributed by atoms with Crippen LogP contribution in [-0.2, 0) is 6.54 Å². The molecule has 0 aliphatic carbocycles. The second-order valence-electron chi connectivity index (χ2n) is 9.59. The molecule has 0 spiro atoms. The first-order chi connectivity index (χ1) is 18.4. The first-order valence-corrected chi connectivity index (χ1v) is 13.5. The Bertz CT molecular complexity index is 1790. The highest BCUT2D eigenvalue weighted by molar-refractivity contribution is 9.10. The van der Waals surface area contributed by atoms with Crippen molar-refractivity contribution in [3.05, 3.63) is 98.1 Å². The Balaban J connectivity index is 1.47. The molecule has 3 heterocycles. The molecule has 1 atom stereocenters. The van der Waals surface area contributed by atoms with Crippen LogP contribution in [0.25, 0.3) is 21.8 Å². The molecule has 38 heavy (non-hydrogen) atoms. The van der Waals surface area contributed by atoms with Gasteiger partial charge in [-0.15, -0.1) is 0 Å². The van der Waals surface area contributed by atoms with Crippen molar-refractivity contribution in [3.8, 4) is 11.5 Å². The Morgan fingerprint density at radius 1 is 1.08 bits per heavy atom. The van der Waals surface area contributed by atoms with Crippen LogP contribution < -0.4 is 15.0 Å². The molecule has 1 aliphatic heterocycles. The summed E-state index contributed by atoms with van der Waals surface area (Å²) in [6, 6.07) is 19.9. The van der Waals surface area contributed by atoms with Crippen molar-refractivity contribution >= 4 is 44.0 Å². The van der Waals surface area contributed by atoms with Gasteiger partial charge in [-0.3, -0.25) is 4.79 Å². The Morgan fingerprint density at radius 3 is 2.74 bits per heavy atom. The van der Waals surface area contributed by atoms with Gasteiger partial charge in [-0.1, -0.05) is 54.0 Å². The number of aromatic nitrogens is 3. The zero-order valence-electron chi connectivity index (χ0n) is 21.4. The van der Waals surface area contributed by atoms with E-state index in [1.807, 2.05) is 36.4 Å². The third kappa shape index (κ3) is 4.19. The van der Waals surface area contributed by atoms with E-state index in [9.17, 15) is 4.79 Å². The minimum Gasteiger partial charge on any atom is -0.454 e. The Labute approximate surface area is 228 Å². The molecule has 192 valence electrons. The van der Waals surface area contributed by atoms with E-state index in [-0.39, 0.29) is 18.3 Å². The van der Waals surface area contributed by atoms with Gasteiger partial charge < -0.3 is 14.0 Å². The lowest BCUT2D eigenvalue weighted by molar-refractivity contribution is 0.174. The van der Waals surface area contributed by atoms with E-state index < -0.39 is 0 Å². The largest absolute Gasteiger partial charge is 0.454 e. The van der Waals surface area contributed by atoms with E-state index in [1.165, 1.54) is 4.68 Å². The smallest absolute Gasteiger partial charge is 0.282 e. The summed E-state index contributed by atoms with van der Waals surface area (Å²) in [6.07, 6.45) is 2.64. The number of rotatable bonds is 6. The minimum absolute atomic E-state index is 0.0707. The van der Waals surface area contributed by atoms with Crippen molar-refractivity contribution in [2.75, 3.05) is 6.79 Å². The van der Waals surface area contributed by atoms with Gasteiger partial charge in [0.15, 0.2) is 11.5 Å². The number of halogens is 1. The average molecular weight is 571 g/mol. The molecule has 0 amide bonds. The molecule has 0 saturated carbocycles. The van der Waals surface area contributed by atoms with Crippen LogP contribution in [0.3, 0.4) is 0 Å². The fourth-order valence-electron chi connectivity index (χ4n) is 4.94. The van der Waals surface area contributed by atoms with Crippen LogP contribution in [0.2, 0.25) is 0 Å².